The maximum absolute atomic E-state index is 12.5. The third-order valence-electron chi connectivity index (χ3n) is 4.47. The van der Waals surface area contributed by atoms with E-state index < -0.39 is 6.61 Å². The molecule has 9 heteroatoms. The van der Waals surface area contributed by atoms with Gasteiger partial charge in [0.25, 0.3) is 5.22 Å². The van der Waals surface area contributed by atoms with E-state index in [0.29, 0.717) is 16.8 Å². The van der Waals surface area contributed by atoms with Crippen molar-refractivity contribution in [2.45, 2.75) is 50.5 Å². The number of amides is 1. The van der Waals surface area contributed by atoms with Gasteiger partial charge in [0.2, 0.25) is 11.8 Å². The van der Waals surface area contributed by atoms with E-state index in [0.717, 1.165) is 25.8 Å². The summed E-state index contributed by atoms with van der Waals surface area (Å²) in [4.78, 5) is 14.4. The minimum Gasteiger partial charge on any atom is -0.435 e. The standard InChI is InChI=1S/C18H21F2N3O3S/c1-2-13-5-3-4-10-23(13)15(24)11-27-18-22-21-16(26-18)12-6-8-14(9-7-12)25-17(19)20/h6-9,13,17H,2-5,10-11H2,1H3. The number of likely N-dealkylation sites (tertiary alicyclic amines) is 1. The third kappa shape index (κ3) is 5.18. The molecular formula is C18H21F2N3O3S. The van der Waals surface area contributed by atoms with Crippen molar-refractivity contribution >= 4 is 17.7 Å². The zero-order chi connectivity index (χ0) is 19.2. The van der Waals surface area contributed by atoms with Crippen molar-refractivity contribution in [2.24, 2.45) is 0 Å². The SMILES string of the molecule is CCC1CCCCN1C(=O)CSc1nnc(-c2ccc(OC(F)F)cc2)o1. The van der Waals surface area contributed by atoms with E-state index >= 15 is 0 Å². The van der Waals surface area contributed by atoms with Gasteiger partial charge in [0, 0.05) is 18.2 Å². The Morgan fingerprint density at radius 1 is 1.33 bits per heavy atom. The number of ether oxygens (including phenoxy) is 1. The number of nitrogens with zero attached hydrogens (tertiary/aromatic N) is 3. The van der Waals surface area contributed by atoms with Crippen LogP contribution in [0, 0.1) is 0 Å². The van der Waals surface area contributed by atoms with Gasteiger partial charge in [0.15, 0.2) is 0 Å². The summed E-state index contributed by atoms with van der Waals surface area (Å²) < 4.78 is 34.2. The van der Waals surface area contributed by atoms with Gasteiger partial charge in [-0.25, -0.2) is 0 Å². The summed E-state index contributed by atoms with van der Waals surface area (Å²) in [6.45, 7) is 0.0396. The minimum absolute atomic E-state index is 0.0560. The van der Waals surface area contributed by atoms with Crippen LogP contribution < -0.4 is 4.74 Å². The Bertz CT molecular complexity index is 755. The number of carbonyl (C=O) groups is 1. The van der Waals surface area contributed by atoms with Crippen molar-refractivity contribution < 1.29 is 22.7 Å². The van der Waals surface area contributed by atoms with Crippen LogP contribution in [0.25, 0.3) is 11.5 Å². The van der Waals surface area contributed by atoms with Gasteiger partial charge in [-0.2, -0.15) is 8.78 Å². The van der Waals surface area contributed by atoms with Gasteiger partial charge in [0.1, 0.15) is 5.75 Å². The van der Waals surface area contributed by atoms with Crippen LogP contribution in [0.15, 0.2) is 33.9 Å². The Labute approximate surface area is 160 Å². The summed E-state index contributed by atoms with van der Waals surface area (Å²) in [5.74, 6) is 0.650. The van der Waals surface area contributed by atoms with E-state index in [4.69, 9.17) is 4.42 Å². The Balaban J connectivity index is 1.57. The van der Waals surface area contributed by atoms with Gasteiger partial charge in [-0.05, 0) is 49.9 Å². The van der Waals surface area contributed by atoms with Crippen LogP contribution in [0.5, 0.6) is 5.75 Å². The number of halogens is 2. The lowest BCUT2D eigenvalue weighted by Gasteiger charge is -2.35. The number of carbonyl (C=O) groups excluding carboxylic acids is 1. The third-order valence-corrected chi connectivity index (χ3v) is 5.27. The molecule has 1 atom stereocenters. The number of piperidine rings is 1. The average molecular weight is 397 g/mol. The fourth-order valence-corrected chi connectivity index (χ4v) is 3.77. The summed E-state index contributed by atoms with van der Waals surface area (Å²) in [5, 5.41) is 8.19. The van der Waals surface area contributed by atoms with Crippen LogP contribution in [-0.4, -0.2) is 46.0 Å². The molecular weight excluding hydrogens is 376 g/mol. The van der Waals surface area contributed by atoms with E-state index in [9.17, 15) is 13.6 Å². The van der Waals surface area contributed by atoms with Crippen molar-refractivity contribution in [1.82, 2.24) is 15.1 Å². The molecule has 1 aliphatic rings. The zero-order valence-corrected chi connectivity index (χ0v) is 15.8. The predicted molar refractivity (Wildman–Crippen MR) is 96.7 cm³/mol. The molecule has 2 heterocycles. The van der Waals surface area contributed by atoms with Gasteiger partial charge < -0.3 is 14.1 Å². The summed E-state index contributed by atoms with van der Waals surface area (Å²) >= 11 is 1.21. The molecule has 27 heavy (non-hydrogen) atoms. The lowest BCUT2D eigenvalue weighted by atomic mass is 10.0. The molecule has 0 radical (unpaired) electrons. The number of aromatic nitrogens is 2. The molecule has 1 fully saturated rings. The van der Waals surface area contributed by atoms with Crippen molar-refractivity contribution in [1.29, 1.82) is 0 Å². The highest BCUT2D eigenvalue weighted by molar-refractivity contribution is 7.99. The molecule has 1 aromatic carbocycles. The molecule has 1 aliphatic heterocycles. The molecule has 1 saturated heterocycles. The Morgan fingerprint density at radius 3 is 2.81 bits per heavy atom. The molecule has 3 rings (SSSR count). The van der Waals surface area contributed by atoms with Gasteiger partial charge in [-0.15, -0.1) is 10.2 Å². The highest BCUT2D eigenvalue weighted by Crippen LogP contribution is 2.26. The fourth-order valence-electron chi connectivity index (χ4n) is 3.12. The normalized spacial score (nSPS) is 17.3. The predicted octanol–water partition coefficient (Wildman–Crippen LogP) is 4.22. The maximum atomic E-state index is 12.5. The summed E-state index contributed by atoms with van der Waals surface area (Å²) in [6, 6.07) is 6.25. The molecule has 0 aliphatic carbocycles. The highest BCUT2D eigenvalue weighted by Gasteiger charge is 2.25. The van der Waals surface area contributed by atoms with Crippen LogP contribution in [0.4, 0.5) is 8.78 Å². The van der Waals surface area contributed by atoms with Crippen molar-refractivity contribution in [3.8, 4) is 17.2 Å². The monoisotopic (exact) mass is 397 g/mol. The second-order valence-electron chi connectivity index (χ2n) is 6.21. The first-order valence-electron chi connectivity index (χ1n) is 8.88. The molecule has 0 bridgehead atoms. The van der Waals surface area contributed by atoms with Crippen LogP contribution in [0.1, 0.15) is 32.6 Å². The van der Waals surface area contributed by atoms with E-state index in [1.54, 1.807) is 12.1 Å². The van der Waals surface area contributed by atoms with E-state index in [-0.39, 0.29) is 23.3 Å². The van der Waals surface area contributed by atoms with Crippen LogP contribution in [0.2, 0.25) is 0 Å². The molecule has 1 aromatic heterocycles. The largest absolute Gasteiger partial charge is 0.435 e. The number of hydrogen-bond donors (Lipinski definition) is 0. The quantitative estimate of drug-likeness (QED) is 0.652. The van der Waals surface area contributed by atoms with Gasteiger partial charge in [-0.3, -0.25) is 4.79 Å². The lowest BCUT2D eigenvalue weighted by molar-refractivity contribution is -0.132. The molecule has 1 unspecified atom stereocenters. The molecule has 1 amide bonds. The van der Waals surface area contributed by atoms with Crippen LogP contribution >= 0.6 is 11.8 Å². The topological polar surface area (TPSA) is 68.5 Å². The van der Waals surface area contributed by atoms with E-state index in [2.05, 4.69) is 21.9 Å². The second-order valence-corrected chi connectivity index (χ2v) is 7.14. The molecule has 6 nitrogen and oxygen atoms in total. The molecule has 0 spiro atoms. The lowest BCUT2D eigenvalue weighted by Crippen LogP contribution is -2.44. The number of thioether (sulfide) groups is 1. The zero-order valence-electron chi connectivity index (χ0n) is 14.9. The van der Waals surface area contributed by atoms with Gasteiger partial charge in [0.05, 0.1) is 5.75 Å². The van der Waals surface area contributed by atoms with Crippen molar-refractivity contribution in [2.75, 3.05) is 12.3 Å². The van der Waals surface area contributed by atoms with Gasteiger partial charge in [-0.1, -0.05) is 18.7 Å². The average Bonchev–Trinajstić information content (AvgIpc) is 3.15. The molecule has 146 valence electrons. The number of alkyl halides is 2. The summed E-state index contributed by atoms with van der Waals surface area (Å²) in [5.41, 5.74) is 0.587. The van der Waals surface area contributed by atoms with Crippen molar-refractivity contribution in [3.63, 3.8) is 0 Å². The Morgan fingerprint density at radius 2 is 2.11 bits per heavy atom. The Hall–Kier alpha value is -2.16. The van der Waals surface area contributed by atoms with Crippen molar-refractivity contribution in [3.05, 3.63) is 24.3 Å². The first kappa shape index (κ1) is 19.6. The first-order valence-corrected chi connectivity index (χ1v) is 9.86. The van der Waals surface area contributed by atoms with E-state index in [1.165, 1.54) is 30.3 Å². The summed E-state index contributed by atoms with van der Waals surface area (Å²) in [6.07, 6.45) is 4.24. The number of rotatable bonds is 7. The highest BCUT2D eigenvalue weighted by atomic mass is 32.2. The van der Waals surface area contributed by atoms with Crippen LogP contribution in [0.3, 0.4) is 0 Å². The first-order chi connectivity index (χ1) is 13.1. The Kier molecular flexibility index (Phi) is 6.65. The number of benzene rings is 1. The number of hydrogen-bond acceptors (Lipinski definition) is 6. The van der Waals surface area contributed by atoms with Gasteiger partial charge >= 0.3 is 6.61 Å². The fraction of sp³-hybridized carbons (Fsp3) is 0.500. The summed E-state index contributed by atoms with van der Waals surface area (Å²) in [7, 11) is 0. The minimum atomic E-state index is -2.87. The second kappa shape index (κ2) is 9.16. The molecule has 2 aromatic rings. The molecule has 0 N–H and O–H groups in total. The maximum Gasteiger partial charge on any atom is 0.387 e. The van der Waals surface area contributed by atoms with E-state index in [1.807, 2.05) is 4.90 Å². The van der Waals surface area contributed by atoms with Crippen LogP contribution in [-0.2, 0) is 4.79 Å². The molecule has 0 saturated carbocycles. The smallest absolute Gasteiger partial charge is 0.387 e.